The van der Waals surface area contributed by atoms with Gasteiger partial charge in [0.25, 0.3) is 5.91 Å². The van der Waals surface area contributed by atoms with Gasteiger partial charge in [0.2, 0.25) is 0 Å². The topological polar surface area (TPSA) is 29.5 Å². The summed E-state index contributed by atoms with van der Waals surface area (Å²) in [6.07, 6.45) is 0. The summed E-state index contributed by atoms with van der Waals surface area (Å²) in [5.41, 5.74) is 1.69. The molecule has 0 unspecified atom stereocenters. The van der Waals surface area contributed by atoms with Gasteiger partial charge < -0.3 is 9.64 Å². The first-order chi connectivity index (χ1) is 11.2. The third-order valence-electron chi connectivity index (χ3n) is 3.92. The largest absolute Gasteiger partial charge is 0.496 e. The zero-order valence-electron chi connectivity index (χ0n) is 13.3. The lowest BCUT2D eigenvalue weighted by atomic mass is 10.1. The first-order valence-electron chi connectivity index (χ1n) is 7.55. The van der Waals surface area contributed by atoms with Crippen LogP contribution in [0.5, 0.6) is 5.75 Å². The SMILES string of the molecule is COc1ccccc1C(=O)N(C)Cc1ccc2ccccc2c1. The molecule has 3 rings (SSSR count). The number of amides is 1. The van der Waals surface area contributed by atoms with Gasteiger partial charge >= 0.3 is 0 Å². The van der Waals surface area contributed by atoms with Crippen LogP contribution < -0.4 is 4.74 Å². The molecule has 0 saturated carbocycles. The average Bonchev–Trinajstić information content (AvgIpc) is 2.60. The summed E-state index contributed by atoms with van der Waals surface area (Å²) in [5.74, 6) is 0.554. The highest BCUT2D eigenvalue weighted by atomic mass is 16.5. The molecule has 0 aliphatic carbocycles. The maximum absolute atomic E-state index is 12.6. The molecular weight excluding hydrogens is 286 g/mol. The second kappa shape index (κ2) is 6.53. The second-order valence-corrected chi connectivity index (χ2v) is 5.54. The van der Waals surface area contributed by atoms with E-state index in [0.717, 1.165) is 5.56 Å². The van der Waals surface area contributed by atoms with Crippen LogP contribution in [0.3, 0.4) is 0 Å². The van der Waals surface area contributed by atoms with Crippen LogP contribution in [0, 0.1) is 0 Å². The van der Waals surface area contributed by atoms with E-state index in [9.17, 15) is 4.79 Å². The van der Waals surface area contributed by atoms with E-state index in [1.807, 2.05) is 31.3 Å². The Labute approximate surface area is 136 Å². The van der Waals surface area contributed by atoms with E-state index in [1.165, 1.54) is 10.8 Å². The molecule has 0 radical (unpaired) electrons. The van der Waals surface area contributed by atoms with Crippen LogP contribution in [0.25, 0.3) is 10.8 Å². The van der Waals surface area contributed by atoms with Crippen LogP contribution in [0.15, 0.2) is 66.7 Å². The van der Waals surface area contributed by atoms with Crippen molar-refractivity contribution in [1.29, 1.82) is 0 Å². The van der Waals surface area contributed by atoms with E-state index in [1.54, 1.807) is 24.1 Å². The number of hydrogen-bond acceptors (Lipinski definition) is 2. The van der Waals surface area contributed by atoms with Gasteiger partial charge in [0.1, 0.15) is 5.75 Å². The molecule has 1 amide bonds. The van der Waals surface area contributed by atoms with Crippen molar-refractivity contribution in [2.75, 3.05) is 14.2 Å². The van der Waals surface area contributed by atoms with Gasteiger partial charge in [-0.05, 0) is 34.5 Å². The molecule has 3 heteroatoms. The van der Waals surface area contributed by atoms with Crippen LogP contribution in [0.4, 0.5) is 0 Å². The fourth-order valence-electron chi connectivity index (χ4n) is 2.71. The van der Waals surface area contributed by atoms with E-state index in [0.29, 0.717) is 17.9 Å². The number of para-hydroxylation sites is 1. The first-order valence-corrected chi connectivity index (χ1v) is 7.55. The molecule has 0 aromatic heterocycles. The van der Waals surface area contributed by atoms with E-state index < -0.39 is 0 Å². The van der Waals surface area contributed by atoms with Gasteiger partial charge in [-0.3, -0.25) is 4.79 Å². The minimum atomic E-state index is -0.0457. The fraction of sp³-hybridized carbons (Fsp3) is 0.150. The maximum atomic E-state index is 12.6. The fourth-order valence-corrected chi connectivity index (χ4v) is 2.71. The van der Waals surface area contributed by atoms with Gasteiger partial charge in [0.05, 0.1) is 12.7 Å². The average molecular weight is 305 g/mol. The zero-order chi connectivity index (χ0) is 16.2. The predicted octanol–water partition coefficient (Wildman–Crippen LogP) is 4.12. The van der Waals surface area contributed by atoms with Crippen LogP contribution in [-0.2, 0) is 6.54 Å². The van der Waals surface area contributed by atoms with Crippen LogP contribution >= 0.6 is 0 Å². The van der Waals surface area contributed by atoms with Crippen molar-refractivity contribution in [2.24, 2.45) is 0 Å². The Morgan fingerprint density at radius 1 is 0.957 bits per heavy atom. The molecule has 0 atom stereocenters. The van der Waals surface area contributed by atoms with Crippen molar-refractivity contribution in [3.8, 4) is 5.75 Å². The smallest absolute Gasteiger partial charge is 0.257 e. The van der Waals surface area contributed by atoms with Gasteiger partial charge in [-0.2, -0.15) is 0 Å². The molecule has 3 nitrogen and oxygen atoms in total. The number of fused-ring (bicyclic) bond motifs is 1. The van der Waals surface area contributed by atoms with Crippen molar-refractivity contribution in [3.63, 3.8) is 0 Å². The Balaban J connectivity index is 1.82. The van der Waals surface area contributed by atoms with Crippen molar-refractivity contribution in [1.82, 2.24) is 4.90 Å². The Hall–Kier alpha value is -2.81. The number of benzene rings is 3. The summed E-state index contributed by atoms with van der Waals surface area (Å²) < 4.78 is 5.28. The first kappa shape index (κ1) is 15.1. The van der Waals surface area contributed by atoms with Gasteiger partial charge in [-0.1, -0.05) is 48.5 Å². The molecular formula is C20H19NO2. The summed E-state index contributed by atoms with van der Waals surface area (Å²) in [4.78, 5) is 14.3. The quantitative estimate of drug-likeness (QED) is 0.725. The summed E-state index contributed by atoms with van der Waals surface area (Å²) in [7, 11) is 3.39. The third kappa shape index (κ3) is 3.19. The summed E-state index contributed by atoms with van der Waals surface area (Å²) >= 11 is 0. The number of carbonyl (C=O) groups excluding carboxylic acids is 1. The Morgan fingerprint density at radius 3 is 2.43 bits per heavy atom. The number of methoxy groups -OCH3 is 1. The molecule has 116 valence electrons. The van der Waals surface area contributed by atoms with E-state index >= 15 is 0 Å². The lowest BCUT2D eigenvalue weighted by molar-refractivity contribution is 0.0782. The molecule has 0 aliphatic heterocycles. The summed E-state index contributed by atoms with van der Waals surface area (Å²) in [5, 5.41) is 2.39. The lowest BCUT2D eigenvalue weighted by Gasteiger charge is -2.19. The van der Waals surface area contributed by atoms with Crippen LogP contribution in [-0.4, -0.2) is 25.0 Å². The Bertz CT molecular complexity index is 842. The number of hydrogen-bond donors (Lipinski definition) is 0. The number of rotatable bonds is 4. The predicted molar refractivity (Wildman–Crippen MR) is 92.7 cm³/mol. The van der Waals surface area contributed by atoms with Crippen LogP contribution in [0.1, 0.15) is 15.9 Å². The maximum Gasteiger partial charge on any atom is 0.257 e. The minimum Gasteiger partial charge on any atom is -0.496 e. The van der Waals surface area contributed by atoms with Gasteiger partial charge in [0.15, 0.2) is 0 Å². The molecule has 3 aromatic rings. The molecule has 0 fully saturated rings. The standard InChI is InChI=1S/C20H19NO2/c1-21(20(22)18-9-5-6-10-19(18)23-2)14-15-11-12-16-7-3-4-8-17(16)13-15/h3-13H,14H2,1-2H3. The molecule has 0 heterocycles. The highest BCUT2D eigenvalue weighted by Gasteiger charge is 2.16. The normalized spacial score (nSPS) is 10.5. The van der Waals surface area contributed by atoms with E-state index in [2.05, 4.69) is 30.3 Å². The van der Waals surface area contributed by atoms with Gasteiger partial charge in [-0.15, -0.1) is 0 Å². The molecule has 0 bridgehead atoms. The highest BCUT2D eigenvalue weighted by molar-refractivity contribution is 5.96. The van der Waals surface area contributed by atoms with E-state index in [4.69, 9.17) is 4.74 Å². The molecule has 23 heavy (non-hydrogen) atoms. The van der Waals surface area contributed by atoms with E-state index in [-0.39, 0.29) is 5.91 Å². The van der Waals surface area contributed by atoms with Crippen molar-refractivity contribution < 1.29 is 9.53 Å². The zero-order valence-corrected chi connectivity index (χ0v) is 13.3. The second-order valence-electron chi connectivity index (χ2n) is 5.54. The summed E-state index contributed by atoms with van der Waals surface area (Å²) in [6.45, 7) is 0.557. The highest BCUT2D eigenvalue weighted by Crippen LogP contribution is 2.21. The number of carbonyl (C=O) groups is 1. The third-order valence-corrected chi connectivity index (χ3v) is 3.92. The van der Waals surface area contributed by atoms with Gasteiger partial charge in [0, 0.05) is 13.6 Å². The number of nitrogens with zero attached hydrogens (tertiary/aromatic N) is 1. The molecule has 0 aliphatic rings. The van der Waals surface area contributed by atoms with Gasteiger partial charge in [-0.25, -0.2) is 0 Å². The molecule has 0 spiro atoms. The lowest BCUT2D eigenvalue weighted by Crippen LogP contribution is -2.26. The van der Waals surface area contributed by atoms with Crippen LogP contribution in [0.2, 0.25) is 0 Å². The molecule has 3 aromatic carbocycles. The monoisotopic (exact) mass is 305 g/mol. The van der Waals surface area contributed by atoms with Crippen molar-refractivity contribution >= 4 is 16.7 Å². The summed E-state index contributed by atoms with van der Waals surface area (Å²) in [6, 6.07) is 21.8. The number of ether oxygens (including phenoxy) is 1. The Morgan fingerprint density at radius 2 is 1.65 bits per heavy atom. The Kier molecular flexibility index (Phi) is 4.29. The molecule has 0 saturated heterocycles. The minimum absolute atomic E-state index is 0.0457. The molecule has 0 N–H and O–H groups in total. The van der Waals surface area contributed by atoms with Crippen molar-refractivity contribution in [2.45, 2.75) is 6.54 Å². The van der Waals surface area contributed by atoms with Crippen molar-refractivity contribution in [3.05, 3.63) is 77.9 Å².